The molecular formula is C36H29N3O4S2. The summed E-state index contributed by atoms with van der Waals surface area (Å²) in [7, 11) is 3.66. The van der Waals surface area contributed by atoms with Gasteiger partial charge in [0.2, 0.25) is 0 Å². The number of hydrogen-bond donors (Lipinski definition) is 0. The summed E-state index contributed by atoms with van der Waals surface area (Å²) in [5.41, 5.74) is 5.24. The number of carbonyl (C=O) groups is 1. The van der Waals surface area contributed by atoms with Crippen molar-refractivity contribution in [1.29, 1.82) is 0 Å². The molecule has 0 N–H and O–H groups in total. The maximum atomic E-state index is 14.3. The van der Waals surface area contributed by atoms with Crippen LogP contribution in [0.15, 0.2) is 122 Å². The number of nitrogens with zero attached hydrogens (tertiary/aromatic N) is 3. The van der Waals surface area contributed by atoms with Crippen molar-refractivity contribution in [1.82, 2.24) is 4.57 Å². The SMILES string of the molecule is CCOC(=O)C1=C(c2ccccc2)N=c2s/c(=C/c3ccc4c(c3)Sc3ccccc3N4C)c(=O)n2[C@H]1c1cccc(OC)c1. The molecular weight excluding hydrogens is 603 g/mol. The molecule has 7 nitrogen and oxygen atoms in total. The van der Waals surface area contributed by atoms with Gasteiger partial charge in [0.05, 0.1) is 46.9 Å². The number of benzene rings is 4. The maximum absolute atomic E-state index is 14.3. The van der Waals surface area contributed by atoms with Crippen molar-refractivity contribution in [3.05, 3.63) is 139 Å². The van der Waals surface area contributed by atoms with E-state index in [0.29, 0.717) is 26.4 Å². The Kier molecular flexibility index (Phi) is 7.64. The first kappa shape index (κ1) is 28.9. The van der Waals surface area contributed by atoms with Crippen LogP contribution in [0.25, 0.3) is 11.8 Å². The minimum Gasteiger partial charge on any atom is -0.497 e. The van der Waals surface area contributed by atoms with Crippen LogP contribution < -0.4 is 24.5 Å². The Morgan fingerprint density at radius 3 is 2.51 bits per heavy atom. The van der Waals surface area contributed by atoms with E-state index >= 15 is 0 Å². The summed E-state index contributed by atoms with van der Waals surface area (Å²) in [5, 5.41) is 0. The highest BCUT2D eigenvalue weighted by atomic mass is 32.2. The summed E-state index contributed by atoms with van der Waals surface area (Å²) in [4.78, 5) is 37.9. The normalized spacial score (nSPS) is 15.6. The molecule has 0 amide bonds. The van der Waals surface area contributed by atoms with Crippen LogP contribution >= 0.6 is 23.1 Å². The third-order valence-corrected chi connectivity index (χ3v) is 9.97. The lowest BCUT2D eigenvalue weighted by molar-refractivity contribution is -0.138. The Balaban J connectivity index is 1.42. The highest BCUT2D eigenvalue weighted by Crippen LogP contribution is 2.47. The fourth-order valence-corrected chi connectivity index (χ4v) is 7.97. The van der Waals surface area contributed by atoms with Gasteiger partial charge in [-0.25, -0.2) is 9.79 Å². The summed E-state index contributed by atoms with van der Waals surface area (Å²) >= 11 is 3.03. The lowest BCUT2D eigenvalue weighted by Crippen LogP contribution is -2.40. The third kappa shape index (κ3) is 5.18. The second-order valence-corrected chi connectivity index (χ2v) is 12.7. The molecule has 7 rings (SSSR count). The quantitative estimate of drug-likeness (QED) is 0.209. The van der Waals surface area contributed by atoms with Gasteiger partial charge in [-0.2, -0.15) is 0 Å². The molecule has 5 aromatic rings. The van der Waals surface area contributed by atoms with Crippen LogP contribution in [0.2, 0.25) is 0 Å². The number of thiazole rings is 1. The highest BCUT2D eigenvalue weighted by Gasteiger charge is 2.35. The zero-order chi connectivity index (χ0) is 31.1. The number of para-hydroxylation sites is 1. The topological polar surface area (TPSA) is 73.1 Å². The second kappa shape index (κ2) is 11.9. The molecule has 0 aliphatic carbocycles. The van der Waals surface area contributed by atoms with Crippen LogP contribution in [0.4, 0.5) is 11.4 Å². The second-order valence-electron chi connectivity index (χ2n) is 10.6. The number of rotatable bonds is 6. The van der Waals surface area contributed by atoms with E-state index in [1.54, 1.807) is 30.4 Å². The minimum atomic E-state index is -0.767. The van der Waals surface area contributed by atoms with E-state index in [1.807, 2.05) is 78.9 Å². The molecule has 9 heteroatoms. The molecule has 0 radical (unpaired) electrons. The van der Waals surface area contributed by atoms with Crippen molar-refractivity contribution in [3.8, 4) is 5.75 Å². The number of fused-ring (bicyclic) bond motifs is 3. The molecule has 3 heterocycles. The summed E-state index contributed by atoms with van der Waals surface area (Å²) in [5.74, 6) is 0.104. The average molecular weight is 632 g/mol. The van der Waals surface area contributed by atoms with Crippen LogP contribution in [0.3, 0.4) is 0 Å². The van der Waals surface area contributed by atoms with Crippen LogP contribution in [0.1, 0.15) is 29.7 Å². The third-order valence-electron chi connectivity index (χ3n) is 7.87. The van der Waals surface area contributed by atoms with Crippen molar-refractivity contribution in [2.45, 2.75) is 22.8 Å². The number of aromatic nitrogens is 1. The molecule has 224 valence electrons. The largest absolute Gasteiger partial charge is 0.497 e. The zero-order valence-corrected chi connectivity index (χ0v) is 26.5. The standard InChI is InChI=1S/C36H29N3O4S2/c1-4-43-35(41)31-32(23-11-6-5-7-12-23)37-36-39(33(31)24-13-10-14-25(21-24)42-3)34(40)30(45-36)20-22-17-18-27-29(19-22)44-28-16-9-8-15-26(28)38(27)2/h5-21,33H,4H2,1-3H3/b30-20+/t33-/m0/s1. The van der Waals surface area contributed by atoms with Gasteiger partial charge in [0.25, 0.3) is 5.56 Å². The van der Waals surface area contributed by atoms with Gasteiger partial charge >= 0.3 is 5.97 Å². The number of esters is 1. The fraction of sp³-hybridized carbons (Fsp3) is 0.139. The van der Waals surface area contributed by atoms with Gasteiger partial charge < -0.3 is 14.4 Å². The van der Waals surface area contributed by atoms with Crippen molar-refractivity contribution < 1.29 is 14.3 Å². The Morgan fingerprint density at radius 1 is 0.933 bits per heavy atom. The van der Waals surface area contributed by atoms with E-state index in [-0.39, 0.29) is 12.2 Å². The van der Waals surface area contributed by atoms with Gasteiger partial charge in [0.15, 0.2) is 4.80 Å². The van der Waals surface area contributed by atoms with E-state index in [4.69, 9.17) is 14.5 Å². The van der Waals surface area contributed by atoms with E-state index < -0.39 is 12.0 Å². The van der Waals surface area contributed by atoms with Crippen LogP contribution in [0, 0.1) is 0 Å². The number of carbonyl (C=O) groups excluding carboxylic acids is 1. The summed E-state index contributed by atoms with van der Waals surface area (Å²) in [6.45, 7) is 1.96. The van der Waals surface area contributed by atoms with Gasteiger partial charge in [0, 0.05) is 22.4 Å². The van der Waals surface area contributed by atoms with Gasteiger partial charge in [-0.3, -0.25) is 9.36 Å². The first-order chi connectivity index (χ1) is 22.0. The molecule has 0 saturated heterocycles. The minimum absolute atomic E-state index is 0.190. The van der Waals surface area contributed by atoms with Gasteiger partial charge in [0.1, 0.15) is 5.75 Å². The van der Waals surface area contributed by atoms with Crippen molar-refractivity contribution in [2.75, 3.05) is 25.7 Å². The number of methoxy groups -OCH3 is 1. The Labute approximate surface area is 268 Å². The van der Waals surface area contributed by atoms with Gasteiger partial charge in [-0.15, -0.1) is 0 Å². The van der Waals surface area contributed by atoms with Crippen molar-refractivity contribution in [3.63, 3.8) is 0 Å². The molecule has 0 fully saturated rings. The molecule has 2 aliphatic heterocycles. The molecule has 2 aliphatic rings. The Morgan fingerprint density at radius 2 is 1.71 bits per heavy atom. The monoisotopic (exact) mass is 631 g/mol. The molecule has 1 aromatic heterocycles. The molecule has 4 aromatic carbocycles. The lowest BCUT2D eigenvalue weighted by atomic mass is 9.93. The fourth-order valence-electron chi connectivity index (χ4n) is 5.77. The number of ether oxygens (including phenoxy) is 2. The van der Waals surface area contributed by atoms with Crippen LogP contribution in [-0.2, 0) is 9.53 Å². The summed E-state index contributed by atoms with van der Waals surface area (Å²) in [6.07, 6.45) is 1.91. The molecule has 1 atom stereocenters. The molecule has 0 saturated carbocycles. The van der Waals surface area contributed by atoms with Crippen LogP contribution in [-0.4, -0.2) is 31.3 Å². The zero-order valence-electron chi connectivity index (χ0n) is 24.9. The van der Waals surface area contributed by atoms with Crippen LogP contribution in [0.5, 0.6) is 5.75 Å². The molecule has 45 heavy (non-hydrogen) atoms. The van der Waals surface area contributed by atoms with E-state index in [2.05, 4.69) is 36.2 Å². The summed E-state index contributed by atoms with van der Waals surface area (Å²) in [6, 6.07) is 30.8. The molecule has 0 unspecified atom stereocenters. The van der Waals surface area contributed by atoms with Gasteiger partial charge in [-0.05, 0) is 60.5 Å². The first-order valence-corrected chi connectivity index (χ1v) is 16.2. The number of anilines is 2. The van der Waals surface area contributed by atoms with E-state index in [0.717, 1.165) is 27.3 Å². The highest BCUT2D eigenvalue weighted by molar-refractivity contribution is 7.99. The van der Waals surface area contributed by atoms with Gasteiger partial charge in [-0.1, -0.05) is 83.8 Å². The summed E-state index contributed by atoms with van der Waals surface area (Å²) < 4.78 is 13.2. The van der Waals surface area contributed by atoms with Crippen molar-refractivity contribution >= 4 is 52.2 Å². The maximum Gasteiger partial charge on any atom is 0.338 e. The first-order valence-electron chi connectivity index (χ1n) is 14.5. The van der Waals surface area contributed by atoms with E-state index in [1.165, 1.54) is 21.9 Å². The molecule has 0 bridgehead atoms. The lowest BCUT2D eigenvalue weighted by Gasteiger charge is -2.29. The predicted molar refractivity (Wildman–Crippen MR) is 179 cm³/mol. The Bertz CT molecular complexity index is 2170. The van der Waals surface area contributed by atoms with Crippen molar-refractivity contribution in [2.24, 2.45) is 4.99 Å². The average Bonchev–Trinajstić information content (AvgIpc) is 3.38. The Hall–Kier alpha value is -4.86. The predicted octanol–water partition coefficient (Wildman–Crippen LogP) is 6.18. The molecule has 0 spiro atoms. The number of hydrogen-bond acceptors (Lipinski definition) is 8. The van der Waals surface area contributed by atoms with E-state index in [9.17, 15) is 9.59 Å². The smallest absolute Gasteiger partial charge is 0.338 e.